The van der Waals surface area contributed by atoms with E-state index in [4.69, 9.17) is 0 Å². The third-order valence-corrected chi connectivity index (χ3v) is 5.02. The van der Waals surface area contributed by atoms with E-state index in [2.05, 4.69) is 15.0 Å². The minimum Gasteiger partial charge on any atom is -0.484 e. The summed E-state index contributed by atoms with van der Waals surface area (Å²) in [4.78, 5) is 15.7. The van der Waals surface area contributed by atoms with Crippen molar-refractivity contribution in [3.8, 4) is 5.75 Å². The Morgan fingerprint density at radius 3 is 2.63 bits per heavy atom. The molecule has 2 aromatic rings. The van der Waals surface area contributed by atoms with E-state index in [1.54, 1.807) is 0 Å². The molecule has 0 saturated carbocycles. The molecule has 0 radical (unpaired) electrons. The van der Waals surface area contributed by atoms with Crippen molar-refractivity contribution in [1.82, 2.24) is 9.29 Å². The van der Waals surface area contributed by atoms with Crippen LogP contribution in [0.15, 0.2) is 53.7 Å². The fourth-order valence-electron chi connectivity index (χ4n) is 2.00. The van der Waals surface area contributed by atoms with Crippen molar-refractivity contribution in [3.63, 3.8) is 0 Å². The zero-order chi connectivity index (χ0) is 20.1. The van der Waals surface area contributed by atoms with Gasteiger partial charge < -0.3 is 10.1 Å². The predicted octanol–water partition coefficient (Wildman–Crippen LogP) is 2.28. The van der Waals surface area contributed by atoms with Gasteiger partial charge in [0.15, 0.2) is 6.61 Å². The number of rotatable bonds is 7. The summed E-state index contributed by atoms with van der Waals surface area (Å²) in [5.41, 5.74) is 0.173. The second-order valence-electron chi connectivity index (χ2n) is 5.43. The monoisotopic (exact) mass is 403 g/mol. The molecule has 0 fully saturated rings. The smallest absolute Gasteiger partial charge is 0.422 e. The molecule has 0 aliphatic heterocycles. The van der Waals surface area contributed by atoms with Crippen molar-refractivity contribution in [3.05, 3.63) is 48.8 Å². The summed E-state index contributed by atoms with van der Waals surface area (Å²) in [5.74, 6) is -0.751. The largest absolute Gasteiger partial charge is 0.484 e. The number of alkyl halides is 3. The number of anilines is 1. The Hall–Kier alpha value is -2.66. The molecule has 27 heavy (non-hydrogen) atoms. The summed E-state index contributed by atoms with van der Waals surface area (Å²) >= 11 is 0. The highest BCUT2D eigenvalue weighted by Crippen LogP contribution is 2.21. The molecule has 0 aliphatic carbocycles. The van der Waals surface area contributed by atoms with Crippen LogP contribution in [0.2, 0.25) is 0 Å². The summed E-state index contributed by atoms with van der Waals surface area (Å²) in [6, 6.07) is 8.15. The zero-order valence-electron chi connectivity index (χ0n) is 14.1. The molecule has 1 heterocycles. The number of pyridine rings is 1. The van der Waals surface area contributed by atoms with Gasteiger partial charge in [-0.2, -0.15) is 17.5 Å². The van der Waals surface area contributed by atoms with Gasteiger partial charge in [-0.05, 0) is 24.3 Å². The van der Waals surface area contributed by atoms with E-state index >= 15 is 0 Å². The van der Waals surface area contributed by atoms with E-state index in [9.17, 15) is 26.4 Å². The van der Waals surface area contributed by atoms with Gasteiger partial charge in [0.25, 0.3) is 0 Å². The van der Waals surface area contributed by atoms with Crippen molar-refractivity contribution in [2.45, 2.75) is 11.1 Å². The number of halogens is 3. The molecule has 1 aromatic carbocycles. The molecule has 0 aliphatic rings. The third-order valence-electron chi connectivity index (χ3n) is 3.23. The molecule has 0 spiro atoms. The Balaban J connectivity index is 1.99. The number of sulfonamides is 1. The number of nitrogens with zero attached hydrogens (tertiary/aromatic N) is 2. The van der Waals surface area contributed by atoms with Crippen molar-refractivity contribution in [1.29, 1.82) is 0 Å². The normalized spacial score (nSPS) is 12.0. The highest BCUT2D eigenvalue weighted by atomic mass is 32.2. The number of ether oxygens (including phenoxy) is 1. The van der Waals surface area contributed by atoms with Gasteiger partial charge in [-0.3, -0.25) is 9.78 Å². The third kappa shape index (κ3) is 6.22. The van der Waals surface area contributed by atoms with Crippen LogP contribution in [0.4, 0.5) is 18.9 Å². The first-order valence-electron chi connectivity index (χ1n) is 7.54. The van der Waals surface area contributed by atoms with E-state index in [1.807, 2.05) is 0 Å². The first-order valence-corrected chi connectivity index (χ1v) is 8.98. The van der Waals surface area contributed by atoms with E-state index in [-0.39, 0.29) is 16.3 Å². The maximum Gasteiger partial charge on any atom is 0.422 e. The van der Waals surface area contributed by atoms with Gasteiger partial charge in [-0.1, -0.05) is 6.07 Å². The van der Waals surface area contributed by atoms with Crippen LogP contribution in [-0.2, 0) is 14.8 Å². The molecule has 11 heteroatoms. The Labute approximate surface area is 153 Å². The van der Waals surface area contributed by atoms with Gasteiger partial charge in [0.05, 0.1) is 6.54 Å². The van der Waals surface area contributed by atoms with Crippen LogP contribution in [0.25, 0.3) is 0 Å². The van der Waals surface area contributed by atoms with Crippen LogP contribution in [0.5, 0.6) is 5.75 Å². The standard InChI is InChI=1S/C16H16F3N3O4S/c1-22(27(24,25)14-6-3-7-20-9-14)10-15(23)21-12-4-2-5-13(8-12)26-11-16(17,18)19/h2-9H,10-11H2,1H3,(H,21,23). The number of aromatic nitrogens is 1. The molecule has 1 amide bonds. The number of amides is 1. The molecular formula is C16H16F3N3O4S. The first-order chi connectivity index (χ1) is 12.6. The summed E-state index contributed by atoms with van der Waals surface area (Å²) < 4.78 is 66.7. The number of nitrogens with one attached hydrogen (secondary N) is 1. The van der Waals surface area contributed by atoms with Gasteiger partial charge in [-0.15, -0.1) is 0 Å². The fraction of sp³-hybridized carbons (Fsp3) is 0.250. The number of carbonyl (C=O) groups is 1. The van der Waals surface area contributed by atoms with Crippen molar-refractivity contribution < 1.29 is 31.1 Å². The maximum atomic E-state index is 12.3. The minimum absolute atomic E-state index is 0.0668. The van der Waals surface area contributed by atoms with Gasteiger partial charge in [0.2, 0.25) is 15.9 Å². The van der Waals surface area contributed by atoms with Crippen LogP contribution in [0, 0.1) is 0 Å². The Bertz CT molecular complexity index is 889. The average molecular weight is 403 g/mol. The Morgan fingerprint density at radius 1 is 1.26 bits per heavy atom. The Kier molecular flexibility index (Phi) is 6.39. The SMILES string of the molecule is CN(CC(=O)Nc1cccc(OCC(F)(F)F)c1)S(=O)(=O)c1cccnc1. The summed E-state index contributed by atoms with van der Waals surface area (Å²) in [6.45, 7) is -1.96. The molecule has 2 rings (SSSR count). The topological polar surface area (TPSA) is 88.6 Å². The van der Waals surface area contributed by atoms with Crippen molar-refractivity contribution in [2.75, 3.05) is 25.5 Å². The van der Waals surface area contributed by atoms with Crippen LogP contribution in [-0.4, -0.2) is 50.0 Å². The van der Waals surface area contributed by atoms with Crippen LogP contribution in [0.1, 0.15) is 0 Å². The predicted molar refractivity (Wildman–Crippen MR) is 90.7 cm³/mol. The van der Waals surface area contributed by atoms with Crippen molar-refractivity contribution in [2.24, 2.45) is 0 Å². The van der Waals surface area contributed by atoms with E-state index in [0.717, 1.165) is 10.5 Å². The average Bonchev–Trinajstić information content (AvgIpc) is 2.60. The molecule has 0 bridgehead atoms. The molecule has 0 saturated heterocycles. The van der Waals surface area contributed by atoms with Crippen molar-refractivity contribution >= 4 is 21.6 Å². The van der Waals surface area contributed by atoms with E-state index in [0.29, 0.717) is 0 Å². The lowest BCUT2D eigenvalue weighted by molar-refractivity contribution is -0.153. The summed E-state index contributed by atoms with van der Waals surface area (Å²) in [7, 11) is -2.67. The van der Waals surface area contributed by atoms with Crippen LogP contribution in [0.3, 0.4) is 0 Å². The van der Waals surface area contributed by atoms with E-state index < -0.39 is 35.3 Å². The maximum absolute atomic E-state index is 12.3. The quantitative estimate of drug-likeness (QED) is 0.766. The van der Waals surface area contributed by atoms with Gasteiger partial charge >= 0.3 is 6.18 Å². The van der Waals surface area contributed by atoms with Gasteiger partial charge in [0, 0.05) is 31.2 Å². The molecule has 0 unspecified atom stereocenters. The lowest BCUT2D eigenvalue weighted by Gasteiger charge is -2.17. The number of likely N-dealkylation sites (N-methyl/N-ethyl adjacent to an activating group) is 1. The zero-order valence-corrected chi connectivity index (χ0v) is 14.9. The molecule has 1 N–H and O–H groups in total. The van der Waals surface area contributed by atoms with Crippen LogP contribution >= 0.6 is 0 Å². The van der Waals surface area contributed by atoms with E-state index in [1.165, 1.54) is 49.6 Å². The minimum atomic E-state index is -4.48. The number of hydrogen-bond acceptors (Lipinski definition) is 5. The molecular weight excluding hydrogens is 387 g/mol. The second kappa shape index (κ2) is 8.35. The fourth-order valence-corrected chi connectivity index (χ4v) is 3.09. The molecule has 1 aromatic heterocycles. The molecule has 0 atom stereocenters. The lowest BCUT2D eigenvalue weighted by Crippen LogP contribution is -2.35. The molecule has 146 valence electrons. The first kappa shape index (κ1) is 20.6. The summed E-state index contributed by atoms with van der Waals surface area (Å²) in [5, 5.41) is 2.41. The lowest BCUT2D eigenvalue weighted by atomic mass is 10.3. The Morgan fingerprint density at radius 2 is 2.00 bits per heavy atom. The number of benzene rings is 1. The van der Waals surface area contributed by atoms with Crippen LogP contribution < -0.4 is 10.1 Å². The highest BCUT2D eigenvalue weighted by Gasteiger charge is 2.28. The second-order valence-corrected chi connectivity index (χ2v) is 7.47. The van der Waals surface area contributed by atoms with Gasteiger partial charge in [-0.25, -0.2) is 8.42 Å². The molecule has 7 nitrogen and oxygen atoms in total. The van der Waals surface area contributed by atoms with Gasteiger partial charge in [0.1, 0.15) is 10.6 Å². The highest BCUT2D eigenvalue weighted by molar-refractivity contribution is 7.89. The number of carbonyl (C=O) groups excluding carboxylic acids is 1. The summed E-state index contributed by atoms with van der Waals surface area (Å²) in [6.07, 6.45) is -1.91. The number of hydrogen-bond donors (Lipinski definition) is 1.